The molecule has 3 heteroatoms. The van der Waals surface area contributed by atoms with E-state index in [1.165, 1.54) is 32.1 Å². The van der Waals surface area contributed by atoms with Crippen LogP contribution in [0.4, 0.5) is 5.69 Å². The Kier molecular flexibility index (Phi) is 6.87. The van der Waals surface area contributed by atoms with Crippen molar-refractivity contribution in [2.45, 2.75) is 45.4 Å². The summed E-state index contributed by atoms with van der Waals surface area (Å²) in [5.41, 5.74) is 6.41. The molecule has 0 saturated heterocycles. The van der Waals surface area contributed by atoms with Gasteiger partial charge in [-0.25, -0.2) is 0 Å². The number of rotatable bonds is 8. The topological polar surface area (TPSA) is 35.2 Å². The third-order valence-electron chi connectivity index (χ3n) is 2.74. The molecule has 0 aliphatic heterocycles. The van der Waals surface area contributed by atoms with Crippen LogP contribution in [-0.4, -0.2) is 6.61 Å². The normalized spacial score (nSPS) is 10.5. The van der Waals surface area contributed by atoms with Crippen LogP contribution < -0.4 is 10.5 Å². The summed E-state index contributed by atoms with van der Waals surface area (Å²) in [6.45, 7) is 2.92. The molecule has 0 fully saturated rings. The van der Waals surface area contributed by atoms with Gasteiger partial charge in [0, 0.05) is 0 Å². The van der Waals surface area contributed by atoms with E-state index in [2.05, 4.69) is 6.92 Å². The molecule has 0 unspecified atom stereocenters. The SMILES string of the molecule is CCCCCCCCOc1c(N)cccc1Cl. The monoisotopic (exact) mass is 255 g/mol. The standard InChI is InChI=1S/C14H22ClNO/c1-2-3-4-5-6-7-11-17-14-12(15)9-8-10-13(14)16/h8-10H,2-7,11,16H2,1H3. The Bertz CT molecular complexity index is 308. The van der Waals surface area contributed by atoms with E-state index < -0.39 is 0 Å². The highest BCUT2D eigenvalue weighted by Crippen LogP contribution is 2.30. The van der Waals surface area contributed by atoms with Crippen LogP contribution in [0.2, 0.25) is 5.02 Å². The first-order valence-corrected chi connectivity index (χ1v) is 6.80. The summed E-state index contributed by atoms with van der Waals surface area (Å²) in [6, 6.07) is 5.44. The molecule has 1 aromatic carbocycles. The van der Waals surface area contributed by atoms with Crippen molar-refractivity contribution >= 4 is 17.3 Å². The van der Waals surface area contributed by atoms with Gasteiger partial charge in [0.05, 0.1) is 17.3 Å². The molecule has 0 heterocycles. The van der Waals surface area contributed by atoms with Gasteiger partial charge in [-0.15, -0.1) is 0 Å². The number of ether oxygens (including phenoxy) is 1. The molecule has 1 aromatic rings. The van der Waals surface area contributed by atoms with Crippen molar-refractivity contribution in [1.29, 1.82) is 0 Å². The maximum atomic E-state index is 6.01. The maximum Gasteiger partial charge on any atom is 0.160 e. The second kappa shape index (κ2) is 8.24. The fraction of sp³-hybridized carbons (Fsp3) is 0.571. The number of unbranched alkanes of at least 4 members (excludes halogenated alkanes) is 5. The van der Waals surface area contributed by atoms with Crippen LogP contribution in [0.5, 0.6) is 5.75 Å². The van der Waals surface area contributed by atoms with Crippen LogP contribution in [0.25, 0.3) is 0 Å². The Morgan fingerprint density at radius 2 is 1.82 bits per heavy atom. The Labute approximate surface area is 109 Å². The van der Waals surface area contributed by atoms with Crippen LogP contribution in [-0.2, 0) is 0 Å². The average Bonchev–Trinajstić information content (AvgIpc) is 2.31. The summed E-state index contributed by atoms with van der Waals surface area (Å²) in [5.74, 6) is 0.628. The van der Waals surface area contributed by atoms with Crippen LogP contribution in [0.3, 0.4) is 0 Å². The van der Waals surface area contributed by atoms with E-state index in [1.54, 1.807) is 6.07 Å². The molecule has 0 aromatic heterocycles. The first kappa shape index (κ1) is 14.2. The second-order valence-corrected chi connectivity index (χ2v) is 4.68. The molecular weight excluding hydrogens is 234 g/mol. The average molecular weight is 256 g/mol. The Hall–Kier alpha value is -0.890. The van der Waals surface area contributed by atoms with Crippen LogP contribution >= 0.6 is 11.6 Å². The highest BCUT2D eigenvalue weighted by molar-refractivity contribution is 6.32. The lowest BCUT2D eigenvalue weighted by molar-refractivity contribution is 0.306. The van der Waals surface area contributed by atoms with Gasteiger partial charge in [0.2, 0.25) is 0 Å². The molecule has 0 amide bonds. The molecular formula is C14H22ClNO. The number of para-hydroxylation sites is 1. The van der Waals surface area contributed by atoms with Crippen molar-refractivity contribution in [1.82, 2.24) is 0 Å². The minimum Gasteiger partial charge on any atom is -0.490 e. The van der Waals surface area contributed by atoms with E-state index >= 15 is 0 Å². The Balaban J connectivity index is 2.18. The van der Waals surface area contributed by atoms with E-state index in [9.17, 15) is 0 Å². The molecule has 2 nitrogen and oxygen atoms in total. The molecule has 2 N–H and O–H groups in total. The van der Waals surface area contributed by atoms with Crippen molar-refractivity contribution in [3.8, 4) is 5.75 Å². The van der Waals surface area contributed by atoms with E-state index in [-0.39, 0.29) is 0 Å². The van der Waals surface area contributed by atoms with Crippen molar-refractivity contribution < 1.29 is 4.74 Å². The van der Waals surface area contributed by atoms with Crippen LogP contribution in [0.15, 0.2) is 18.2 Å². The molecule has 0 radical (unpaired) electrons. The van der Waals surface area contributed by atoms with Gasteiger partial charge in [0.1, 0.15) is 0 Å². The fourth-order valence-corrected chi connectivity index (χ4v) is 1.97. The van der Waals surface area contributed by atoms with Gasteiger partial charge < -0.3 is 10.5 Å². The van der Waals surface area contributed by atoms with Gasteiger partial charge in [-0.1, -0.05) is 56.7 Å². The van der Waals surface area contributed by atoms with Crippen LogP contribution in [0, 0.1) is 0 Å². The number of hydrogen-bond donors (Lipinski definition) is 1. The molecule has 1 rings (SSSR count). The minimum atomic E-state index is 0.594. The molecule has 0 saturated carbocycles. The highest BCUT2D eigenvalue weighted by Gasteiger charge is 2.04. The van der Waals surface area contributed by atoms with Crippen LogP contribution in [0.1, 0.15) is 45.4 Å². The van der Waals surface area contributed by atoms with E-state index in [0.717, 1.165) is 6.42 Å². The molecule has 17 heavy (non-hydrogen) atoms. The second-order valence-electron chi connectivity index (χ2n) is 4.27. The number of nitrogen functional groups attached to an aromatic ring is 1. The van der Waals surface area contributed by atoms with Gasteiger partial charge in [-0.05, 0) is 18.6 Å². The molecule has 0 aliphatic carbocycles. The smallest absolute Gasteiger partial charge is 0.160 e. The number of halogens is 1. The van der Waals surface area contributed by atoms with Gasteiger partial charge in [0.15, 0.2) is 5.75 Å². The van der Waals surface area contributed by atoms with E-state index in [4.69, 9.17) is 22.1 Å². The number of benzene rings is 1. The third-order valence-corrected chi connectivity index (χ3v) is 3.04. The first-order chi connectivity index (χ1) is 8.25. The third kappa shape index (κ3) is 5.31. The van der Waals surface area contributed by atoms with Gasteiger partial charge in [-0.3, -0.25) is 0 Å². The predicted molar refractivity (Wildman–Crippen MR) is 74.7 cm³/mol. The Morgan fingerprint density at radius 3 is 2.53 bits per heavy atom. The van der Waals surface area contributed by atoms with E-state index in [1.807, 2.05) is 12.1 Å². The summed E-state index contributed by atoms with van der Waals surface area (Å²) < 4.78 is 5.62. The number of anilines is 1. The summed E-state index contributed by atoms with van der Waals surface area (Å²) in [6.07, 6.45) is 7.50. The van der Waals surface area contributed by atoms with Gasteiger partial charge in [-0.2, -0.15) is 0 Å². The van der Waals surface area contributed by atoms with Crippen molar-refractivity contribution in [2.75, 3.05) is 12.3 Å². The lowest BCUT2D eigenvalue weighted by Gasteiger charge is -2.10. The minimum absolute atomic E-state index is 0.594. The summed E-state index contributed by atoms with van der Waals surface area (Å²) in [5, 5.41) is 0.594. The lowest BCUT2D eigenvalue weighted by Crippen LogP contribution is -2.00. The van der Waals surface area contributed by atoms with Crippen molar-refractivity contribution in [3.63, 3.8) is 0 Å². The highest BCUT2D eigenvalue weighted by atomic mass is 35.5. The lowest BCUT2D eigenvalue weighted by atomic mass is 10.1. The zero-order chi connectivity index (χ0) is 12.5. The molecule has 0 aliphatic rings. The predicted octanol–water partition coefficient (Wildman–Crippen LogP) is 4.66. The quantitative estimate of drug-likeness (QED) is 0.542. The summed E-state index contributed by atoms with van der Waals surface area (Å²) >= 11 is 6.01. The number of hydrogen-bond acceptors (Lipinski definition) is 2. The largest absolute Gasteiger partial charge is 0.490 e. The zero-order valence-corrected chi connectivity index (χ0v) is 11.3. The summed E-state index contributed by atoms with van der Waals surface area (Å²) in [4.78, 5) is 0. The van der Waals surface area contributed by atoms with Gasteiger partial charge >= 0.3 is 0 Å². The molecule has 0 spiro atoms. The summed E-state index contributed by atoms with van der Waals surface area (Å²) in [7, 11) is 0. The molecule has 0 atom stereocenters. The Morgan fingerprint density at radius 1 is 1.12 bits per heavy atom. The molecule has 96 valence electrons. The molecule has 0 bridgehead atoms. The van der Waals surface area contributed by atoms with E-state index in [0.29, 0.717) is 23.1 Å². The fourth-order valence-electron chi connectivity index (χ4n) is 1.73. The van der Waals surface area contributed by atoms with Gasteiger partial charge in [0.25, 0.3) is 0 Å². The van der Waals surface area contributed by atoms with Crippen molar-refractivity contribution in [3.05, 3.63) is 23.2 Å². The number of nitrogens with two attached hydrogens (primary N) is 1. The first-order valence-electron chi connectivity index (χ1n) is 6.42. The maximum absolute atomic E-state index is 6.01. The zero-order valence-electron chi connectivity index (χ0n) is 10.5. The van der Waals surface area contributed by atoms with Crippen molar-refractivity contribution in [2.24, 2.45) is 0 Å².